The van der Waals surface area contributed by atoms with Crippen molar-refractivity contribution < 1.29 is 13.2 Å². The summed E-state index contributed by atoms with van der Waals surface area (Å²) < 4.78 is 38.4. The molecule has 0 spiro atoms. The van der Waals surface area contributed by atoms with E-state index < -0.39 is 11.7 Å². The maximum atomic E-state index is 12.8. The van der Waals surface area contributed by atoms with Crippen LogP contribution in [0.25, 0.3) is 10.8 Å². The molecule has 0 aliphatic heterocycles. The zero-order valence-electron chi connectivity index (χ0n) is 15.6. The predicted molar refractivity (Wildman–Crippen MR) is 105 cm³/mol. The smallest absolute Gasteiger partial charge is 0.300 e. The summed E-state index contributed by atoms with van der Waals surface area (Å²) in [5.41, 5.74) is 1.41. The summed E-state index contributed by atoms with van der Waals surface area (Å²) in [7, 11) is 2.06. The van der Waals surface area contributed by atoms with E-state index in [0.29, 0.717) is 6.42 Å². The van der Waals surface area contributed by atoms with Gasteiger partial charge < -0.3 is 0 Å². The Hall–Kier alpha value is -2.33. The van der Waals surface area contributed by atoms with Crippen LogP contribution in [-0.4, -0.2) is 18.5 Å². The third-order valence-electron chi connectivity index (χ3n) is 5.15. The van der Waals surface area contributed by atoms with Crippen LogP contribution >= 0.6 is 0 Å². The predicted octanol–water partition coefficient (Wildman–Crippen LogP) is 6.48. The Labute approximate surface area is 158 Å². The normalized spacial score (nSPS) is 13.3. The topological polar surface area (TPSA) is 3.24 Å². The summed E-state index contributed by atoms with van der Waals surface area (Å²) in [6, 6.07) is 20.7. The summed E-state index contributed by atoms with van der Waals surface area (Å²) >= 11 is 0. The molecule has 1 atom stereocenters. The Balaban J connectivity index is 1.59. The minimum atomic E-state index is -4.28. The van der Waals surface area contributed by atoms with Crippen molar-refractivity contribution in [2.24, 2.45) is 0 Å². The maximum Gasteiger partial charge on any atom is 0.416 e. The first-order chi connectivity index (χ1) is 12.8. The fourth-order valence-electron chi connectivity index (χ4n) is 3.35. The van der Waals surface area contributed by atoms with Gasteiger partial charge in [0.1, 0.15) is 0 Å². The molecule has 3 aromatic rings. The first-order valence-electron chi connectivity index (χ1n) is 9.19. The lowest BCUT2D eigenvalue weighted by Crippen LogP contribution is -2.24. The second-order valence-corrected chi connectivity index (χ2v) is 7.06. The SMILES string of the molecule is C[C@@H](c1ccc2ccccc2c1)N(C)CCCc1cccc(C(F)(F)F)c1. The summed E-state index contributed by atoms with van der Waals surface area (Å²) in [6.07, 6.45) is -2.83. The number of fused-ring (bicyclic) bond motifs is 1. The molecule has 0 N–H and O–H groups in total. The van der Waals surface area contributed by atoms with Crippen LogP contribution in [-0.2, 0) is 12.6 Å². The zero-order chi connectivity index (χ0) is 19.4. The summed E-state index contributed by atoms with van der Waals surface area (Å²) in [6.45, 7) is 2.98. The van der Waals surface area contributed by atoms with Crippen molar-refractivity contribution in [2.45, 2.75) is 32.0 Å². The second kappa shape index (κ2) is 8.13. The quantitative estimate of drug-likeness (QED) is 0.479. The van der Waals surface area contributed by atoms with E-state index in [9.17, 15) is 13.2 Å². The third-order valence-corrected chi connectivity index (χ3v) is 5.15. The molecule has 142 valence electrons. The van der Waals surface area contributed by atoms with Gasteiger partial charge in [0.25, 0.3) is 0 Å². The van der Waals surface area contributed by atoms with E-state index in [1.54, 1.807) is 6.07 Å². The lowest BCUT2D eigenvalue weighted by atomic mass is 10.0. The molecule has 0 amide bonds. The highest BCUT2D eigenvalue weighted by atomic mass is 19.4. The van der Waals surface area contributed by atoms with Crippen molar-refractivity contribution in [1.29, 1.82) is 0 Å². The first kappa shape index (κ1) is 19.4. The van der Waals surface area contributed by atoms with Crippen LogP contribution in [0.4, 0.5) is 13.2 Å². The molecule has 0 saturated carbocycles. The lowest BCUT2D eigenvalue weighted by Gasteiger charge is -2.25. The number of nitrogens with zero attached hydrogens (tertiary/aromatic N) is 1. The Bertz CT molecular complexity index is 901. The van der Waals surface area contributed by atoms with E-state index in [2.05, 4.69) is 49.2 Å². The molecule has 0 bridgehead atoms. The van der Waals surface area contributed by atoms with Crippen LogP contribution in [0.2, 0.25) is 0 Å². The third kappa shape index (κ3) is 4.89. The van der Waals surface area contributed by atoms with E-state index in [0.717, 1.165) is 24.6 Å². The van der Waals surface area contributed by atoms with Crippen LogP contribution in [0.5, 0.6) is 0 Å². The number of rotatable bonds is 6. The average molecular weight is 371 g/mol. The molecule has 0 fully saturated rings. The van der Waals surface area contributed by atoms with Crippen molar-refractivity contribution in [3.8, 4) is 0 Å². The van der Waals surface area contributed by atoms with Gasteiger partial charge in [-0.1, -0.05) is 54.6 Å². The molecule has 0 saturated heterocycles. The summed E-state index contributed by atoms with van der Waals surface area (Å²) in [4.78, 5) is 2.25. The zero-order valence-corrected chi connectivity index (χ0v) is 15.6. The molecule has 3 aromatic carbocycles. The van der Waals surface area contributed by atoms with Crippen molar-refractivity contribution in [2.75, 3.05) is 13.6 Å². The molecular formula is C23H24F3N. The van der Waals surface area contributed by atoms with Crippen LogP contribution < -0.4 is 0 Å². The highest BCUT2D eigenvalue weighted by molar-refractivity contribution is 5.83. The first-order valence-corrected chi connectivity index (χ1v) is 9.19. The van der Waals surface area contributed by atoms with Gasteiger partial charge in [-0.3, -0.25) is 4.90 Å². The van der Waals surface area contributed by atoms with Crippen molar-refractivity contribution in [3.63, 3.8) is 0 Å². The fraction of sp³-hybridized carbons (Fsp3) is 0.304. The van der Waals surface area contributed by atoms with E-state index in [-0.39, 0.29) is 6.04 Å². The maximum absolute atomic E-state index is 12.8. The molecule has 0 unspecified atom stereocenters. The van der Waals surface area contributed by atoms with Crippen LogP contribution in [0.1, 0.15) is 36.1 Å². The van der Waals surface area contributed by atoms with Gasteiger partial charge >= 0.3 is 6.18 Å². The number of aryl methyl sites for hydroxylation is 1. The molecule has 0 aromatic heterocycles. The van der Waals surface area contributed by atoms with Gasteiger partial charge in [-0.2, -0.15) is 13.2 Å². The molecule has 0 radical (unpaired) electrons. The van der Waals surface area contributed by atoms with Gasteiger partial charge in [0.15, 0.2) is 0 Å². The minimum absolute atomic E-state index is 0.246. The van der Waals surface area contributed by atoms with Crippen molar-refractivity contribution in [1.82, 2.24) is 4.90 Å². The standard InChI is InChI=1S/C23H24F3N/c1-17(20-13-12-19-9-3-4-10-21(19)16-20)27(2)14-6-8-18-7-5-11-22(15-18)23(24,25)26/h3-5,7,9-13,15-17H,6,8,14H2,1-2H3/t17-/m0/s1. The average Bonchev–Trinajstić information content (AvgIpc) is 2.66. The molecule has 3 rings (SSSR count). The lowest BCUT2D eigenvalue weighted by molar-refractivity contribution is -0.137. The van der Waals surface area contributed by atoms with Crippen LogP contribution in [0.3, 0.4) is 0 Å². The number of halogens is 3. The number of hydrogen-bond donors (Lipinski definition) is 0. The molecular weight excluding hydrogens is 347 g/mol. The highest BCUT2D eigenvalue weighted by Crippen LogP contribution is 2.30. The molecule has 4 heteroatoms. The molecule has 1 nitrogen and oxygen atoms in total. The molecule has 0 heterocycles. The Morgan fingerprint density at radius 1 is 0.889 bits per heavy atom. The molecule has 0 aliphatic rings. The Morgan fingerprint density at radius 3 is 2.37 bits per heavy atom. The van der Waals surface area contributed by atoms with E-state index >= 15 is 0 Å². The van der Waals surface area contributed by atoms with Gasteiger partial charge in [0.2, 0.25) is 0 Å². The van der Waals surface area contributed by atoms with Gasteiger partial charge in [-0.25, -0.2) is 0 Å². The fourth-order valence-corrected chi connectivity index (χ4v) is 3.35. The van der Waals surface area contributed by atoms with E-state index in [4.69, 9.17) is 0 Å². The van der Waals surface area contributed by atoms with Crippen molar-refractivity contribution >= 4 is 10.8 Å². The largest absolute Gasteiger partial charge is 0.416 e. The van der Waals surface area contributed by atoms with Crippen LogP contribution in [0.15, 0.2) is 66.7 Å². The summed E-state index contributed by atoms with van der Waals surface area (Å²) in [5, 5.41) is 2.44. The van der Waals surface area contributed by atoms with Crippen LogP contribution in [0, 0.1) is 0 Å². The Morgan fingerprint density at radius 2 is 1.63 bits per heavy atom. The summed E-state index contributed by atoms with van der Waals surface area (Å²) in [5.74, 6) is 0. The highest BCUT2D eigenvalue weighted by Gasteiger charge is 2.30. The van der Waals surface area contributed by atoms with Gasteiger partial charge in [-0.15, -0.1) is 0 Å². The Kier molecular flexibility index (Phi) is 5.85. The van der Waals surface area contributed by atoms with Gasteiger partial charge in [0, 0.05) is 6.04 Å². The number of benzene rings is 3. The monoisotopic (exact) mass is 371 g/mol. The van der Waals surface area contributed by atoms with Gasteiger partial charge in [0.05, 0.1) is 5.56 Å². The van der Waals surface area contributed by atoms with Crippen molar-refractivity contribution in [3.05, 3.63) is 83.4 Å². The van der Waals surface area contributed by atoms with E-state index in [1.165, 1.54) is 28.5 Å². The molecule has 27 heavy (non-hydrogen) atoms. The van der Waals surface area contributed by atoms with Gasteiger partial charge in [-0.05, 0) is 67.4 Å². The number of hydrogen-bond acceptors (Lipinski definition) is 1. The molecule has 0 aliphatic carbocycles. The minimum Gasteiger partial charge on any atom is -0.300 e. The second-order valence-electron chi connectivity index (χ2n) is 7.06. The number of alkyl halides is 3. The van der Waals surface area contributed by atoms with E-state index in [1.807, 2.05) is 12.1 Å².